The molecule has 0 amide bonds. The second kappa shape index (κ2) is 11.1. The van der Waals surface area contributed by atoms with E-state index in [0.29, 0.717) is 44.2 Å². The Morgan fingerprint density at radius 3 is 2.52 bits per heavy atom. The van der Waals surface area contributed by atoms with Crippen molar-refractivity contribution in [1.82, 2.24) is 24.4 Å². The van der Waals surface area contributed by atoms with E-state index in [9.17, 15) is 17.6 Å². The largest absolute Gasteiger partial charge is 0.435 e. The zero-order chi connectivity index (χ0) is 28.6. The number of benzene rings is 1. The van der Waals surface area contributed by atoms with Crippen molar-refractivity contribution in [2.75, 3.05) is 56.8 Å². The van der Waals surface area contributed by atoms with Crippen LogP contribution in [0.25, 0.3) is 28.1 Å². The van der Waals surface area contributed by atoms with Crippen LogP contribution in [0.4, 0.5) is 34.8 Å². The van der Waals surface area contributed by atoms with Crippen LogP contribution in [0.3, 0.4) is 0 Å². The highest BCUT2D eigenvalue weighted by atomic mass is 19.3. The number of nitrogens with zero attached hydrogens (tertiary/aromatic N) is 6. The lowest BCUT2D eigenvalue weighted by Gasteiger charge is -2.30. The Hall–Kier alpha value is -4.17. The molecular formula is C26H28F4N8O2. The van der Waals surface area contributed by atoms with Gasteiger partial charge in [0.15, 0.2) is 11.6 Å². The topological polar surface area (TPSA) is 121 Å². The second-order valence-corrected chi connectivity index (χ2v) is 9.51. The van der Waals surface area contributed by atoms with Gasteiger partial charge in [-0.3, -0.25) is 0 Å². The highest BCUT2D eigenvalue weighted by Gasteiger charge is 2.29. The van der Waals surface area contributed by atoms with Gasteiger partial charge in [0, 0.05) is 37.4 Å². The quantitative estimate of drug-likeness (QED) is 0.311. The number of nitrogens with two attached hydrogens (primary N) is 2. The molecule has 4 heterocycles. The predicted molar refractivity (Wildman–Crippen MR) is 143 cm³/mol. The lowest BCUT2D eigenvalue weighted by molar-refractivity contribution is -0.0685. The Morgan fingerprint density at radius 1 is 1.07 bits per heavy atom. The minimum atomic E-state index is -3.42. The first-order valence-electron chi connectivity index (χ1n) is 12.4. The molecule has 4 N–H and O–H groups in total. The molecule has 40 heavy (non-hydrogen) atoms. The maximum absolute atomic E-state index is 14.3. The molecule has 1 aromatic carbocycles. The lowest BCUT2D eigenvalue weighted by Crippen LogP contribution is -2.37. The third kappa shape index (κ3) is 5.31. The summed E-state index contributed by atoms with van der Waals surface area (Å²) in [6.45, 7) is 2.13. The summed E-state index contributed by atoms with van der Waals surface area (Å²) in [5.41, 5.74) is 14.1. The minimum absolute atomic E-state index is 0.0223. The van der Waals surface area contributed by atoms with E-state index in [2.05, 4.69) is 15.0 Å². The van der Waals surface area contributed by atoms with Crippen LogP contribution in [0.2, 0.25) is 0 Å². The standard InChI is InChI=1S/C26H28F4N8O2/c1-36(2)12-14-13-38(17-11-15(27)3-4-16(14)17)18-5-6-33-24(34-18)19-20(31)25(37-7-9-39-10-8-37)35-26(21(19)32)40-23(30)22(28)29/h3-6,11,13,22-23H,7-10,12,31-32H2,1-2H3. The summed E-state index contributed by atoms with van der Waals surface area (Å²) in [6.07, 6.45) is -3.08. The number of hydrogen-bond donors (Lipinski definition) is 2. The molecule has 4 aromatic rings. The van der Waals surface area contributed by atoms with E-state index >= 15 is 0 Å². The molecule has 5 rings (SSSR count). The van der Waals surface area contributed by atoms with E-state index in [1.54, 1.807) is 21.6 Å². The van der Waals surface area contributed by atoms with Gasteiger partial charge in [0.2, 0.25) is 5.88 Å². The van der Waals surface area contributed by atoms with Crippen molar-refractivity contribution in [2.45, 2.75) is 19.3 Å². The average molecular weight is 561 g/mol. The van der Waals surface area contributed by atoms with Crippen LogP contribution >= 0.6 is 0 Å². The van der Waals surface area contributed by atoms with E-state index in [0.717, 1.165) is 10.9 Å². The molecule has 1 aliphatic heterocycles. The van der Waals surface area contributed by atoms with Crippen molar-refractivity contribution in [3.05, 3.63) is 48.0 Å². The zero-order valence-electron chi connectivity index (χ0n) is 21.8. The Labute approximate surface area is 227 Å². The van der Waals surface area contributed by atoms with Crippen LogP contribution in [-0.2, 0) is 11.3 Å². The summed E-state index contributed by atoms with van der Waals surface area (Å²) < 4.78 is 66.1. The van der Waals surface area contributed by atoms with Crippen molar-refractivity contribution >= 4 is 28.1 Å². The van der Waals surface area contributed by atoms with E-state index in [1.165, 1.54) is 18.3 Å². The number of morpholine rings is 1. The van der Waals surface area contributed by atoms with Crippen molar-refractivity contribution in [2.24, 2.45) is 0 Å². The van der Waals surface area contributed by atoms with Crippen LogP contribution in [0, 0.1) is 5.82 Å². The highest BCUT2D eigenvalue weighted by molar-refractivity contribution is 5.92. The van der Waals surface area contributed by atoms with E-state index < -0.39 is 24.5 Å². The SMILES string of the molecule is CN(C)Cc1cn(-c2ccnc(-c3c(N)c(OC(F)C(F)F)nc(N4CCOCC4)c3N)n2)c2cc(F)ccc12. The fourth-order valence-corrected chi connectivity index (χ4v) is 4.62. The number of pyridine rings is 1. The van der Waals surface area contributed by atoms with Gasteiger partial charge in [-0.1, -0.05) is 0 Å². The average Bonchev–Trinajstić information content (AvgIpc) is 3.27. The number of fused-ring (bicyclic) bond motifs is 1. The van der Waals surface area contributed by atoms with Crippen LogP contribution < -0.4 is 21.1 Å². The zero-order valence-corrected chi connectivity index (χ0v) is 21.8. The first-order chi connectivity index (χ1) is 19.1. The van der Waals surface area contributed by atoms with Crippen molar-refractivity contribution in [3.63, 3.8) is 0 Å². The number of rotatable bonds is 8. The fraction of sp³-hybridized carbons (Fsp3) is 0.346. The summed E-state index contributed by atoms with van der Waals surface area (Å²) >= 11 is 0. The third-order valence-corrected chi connectivity index (χ3v) is 6.40. The maximum atomic E-state index is 14.3. The first-order valence-corrected chi connectivity index (χ1v) is 12.4. The van der Waals surface area contributed by atoms with E-state index in [1.807, 2.05) is 25.2 Å². The number of nitrogen functional groups attached to an aromatic ring is 2. The molecule has 1 saturated heterocycles. The highest BCUT2D eigenvalue weighted by Crippen LogP contribution is 2.42. The number of hydrogen-bond acceptors (Lipinski definition) is 9. The monoisotopic (exact) mass is 560 g/mol. The summed E-state index contributed by atoms with van der Waals surface area (Å²) in [4.78, 5) is 16.9. The molecule has 0 bridgehead atoms. The molecule has 212 valence electrons. The summed E-state index contributed by atoms with van der Waals surface area (Å²) in [5.74, 6) is -0.437. The maximum Gasteiger partial charge on any atom is 0.304 e. The Morgan fingerprint density at radius 2 is 1.82 bits per heavy atom. The molecule has 0 saturated carbocycles. The van der Waals surface area contributed by atoms with Crippen molar-refractivity contribution in [1.29, 1.82) is 0 Å². The molecule has 1 unspecified atom stereocenters. The smallest absolute Gasteiger partial charge is 0.304 e. The van der Waals surface area contributed by atoms with Crippen LogP contribution in [0.1, 0.15) is 5.56 Å². The third-order valence-electron chi connectivity index (χ3n) is 6.40. The number of alkyl halides is 3. The molecular weight excluding hydrogens is 532 g/mol. The number of halogens is 4. The van der Waals surface area contributed by atoms with Crippen LogP contribution in [-0.4, -0.2) is 77.6 Å². The van der Waals surface area contributed by atoms with Crippen LogP contribution in [0.15, 0.2) is 36.7 Å². The molecule has 1 atom stereocenters. The Bertz CT molecular complexity index is 1520. The molecule has 10 nitrogen and oxygen atoms in total. The molecule has 1 fully saturated rings. The summed E-state index contributed by atoms with van der Waals surface area (Å²) in [5, 5.41) is 0.837. The number of aromatic nitrogens is 4. The van der Waals surface area contributed by atoms with E-state index in [-0.39, 0.29) is 28.6 Å². The van der Waals surface area contributed by atoms with Gasteiger partial charge < -0.3 is 35.3 Å². The first kappa shape index (κ1) is 27.4. The Kier molecular flexibility index (Phi) is 7.63. The van der Waals surface area contributed by atoms with Gasteiger partial charge in [-0.05, 0) is 43.9 Å². The van der Waals surface area contributed by atoms with E-state index in [4.69, 9.17) is 20.9 Å². The predicted octanol–water partition coefficient (Wildman–Crippen LogP) is 3.62. The minimum Gasteiger partial charge on any atom is -0.435 e. The van der Waals surface area contributed by atoms with Gasteiger partial charge in [0.25, 0.3) is 6.36 Å². The molecule has 1 aliphatic rings. The molecule has 3 aromatic heterocycles. The normalized spacial score (nSPS) is 14.8. The molecule has 14 heteroatoms. The summed E-state index contributed by atoms with van der Waals surface area (Å²) in [7, 11) is 3.85. The molecule has 0 spiro atoms. The second-order valence-electron chi connectivity index (χ2n) is 9.51. The van der Waals surface area contributed by atoms with Gasteiger partial charge in [-0.2, -0.15) is 9.37 Å². The Balaban J connectivity index is 1.66. The van der Waals surface area contributed by atoms with Crippen molar-refractivity contribution < 1.29 is 27.0 Å². The number of anilines is 3. The van der Waals surface area contributed by atoms with Crippen LogP contribution in [0.5, 0.6) is 5.88 Å². The summed E-state index contributed by atoms with van der Waals surface area (Å²) in [6, 6.07) is 6.12. The number of ether oxygens (including phenoxy) is 2. The molecule has 0 aliphatic carbocycles. The van der Waals surface area contributed by atoms with Gasteiger partial charge in [-0.15, -0.1) is 0 Å². The van der Waals surface area contributed by atoms with Gasteiger partial charge >= 0.3 is 6.43 Å². The molecule has 0 radical (unpaired) electrons. The van der Waals surface area contributed by atoms with Gasteiger partial charge in [0.1, 0.15) is 17.3 Å². The lowest BCUT2D eigenvalue weighted by atomic mass is 10.1. The van der Waals surface area contributed by atoms with Gasteiger partial charge in [-0.25, -0.2) is 23.1 Å². The van der Waals surface area contributed by atoms with Crippen molar-refractivity contribution in [3.8, 4) is 23.1 Å². The van der Waals surface area contributed by atoms with Gasteiger partial charge in [0.05, 0.1) is 30.0 Å². The fourth-order valence-electron chi connectivity index (χ4n) is 4.62.